The van der Waals surface area contributed by atoms with Crippen molar-refractivity contribution in [2.24, 2.45) is 0 Å². The summed E-state index contributed by atoms with van der Waals surface area (Å²) >= 11 is 0. The molecular formula is C12H13NO6. The number of methoxy groups -OCH3 is 2. The molecule has 7 heteroatoms. The van der Waals surface area contributed by atoms with Crippen LogP contribution in [0.3, 0.4) is 0 Å². The van der Waals surface area contributed by atoms with E-state index in [1.807, 2.05) is 0 Å². The molecule has 0 aliphatic carbocycles. The molecule has 1 aromatic rings. The summed E-state index contributed by atoms with van der Waals surface area (Å²) in [4.78, 5) is 20.8. The lowest BCUT2D eigenvalue weighted by Crippen LogP contribution is -2.13. The number of carbonyl (C=O) groups excluding carboxylic acids is 1. The van der Waals surface area contributed by atoms with Crippen molar-refractivity contribution in [3.8, 4) is 11.5 Å². The Labute approximate surface area is 109 Å². The summed E-state index contributed by atoms with van der Waals surface area (Å²) in [6.45, 7) is -0.309. The van der Waals surface area contributed by atoms with Crippen LogP contribution in [0.2, 0.25) is 0 Å². The summed E-state index contributed by atoms with van der Waals surface area (Å²) < 4.78 is 14.8. The van der Waals surface area contributed by atoms with Crippen LogP contribution in [-0.2, 0) is 9.53 Å². The fourth-order valence-corrected chi connectivity index (χ4v) is 1.31. The lowest BCUT2D eigenvalue weighted by Gasteiger charge is -2.12. The number of nitrogens with zero attached hydrogens (tertiary/aromatic N) is 1. The summed E-state index contributed by atoms with van der Waals surface area (Å²) in [5.41, 5.74) is 0.431. The molecule has 7 nitrogen and oxygen atoms in total. The number of rotatable bonds is 6. The van der Waals surface area contributed by atoms with E-state index in [0.29, 0.717) is 11.3 Å². The van der Waals surface area contributed by atoms with E-state index in [1.165, 1.54) is 20.3 Å². The topological polar surface area (TPSA) is 87.9 Å². The molecule has 1 rings (SSSR count). The van der Waals surface area contributed by atoms with E-state index in [9.17, 15) is 14.9 Å². The Kier molecular flexibility index (Phi) is 5.34. The third-order valence-electron chi connectivity index (χ3n) is 2.17. The molecule has 1 aromatic carbocycles. The van der Waals surface area contributed by atoms with Gasteiger partial charge in [0.2, 0.25) is 6.20 Å². The standard InChI is InChI=1S/C12H13NO6/c1-17-10-5-3-4-9(6-7-13(15)16)12(10)19-8-11(14)18-2/h3-7H,8H2,1-2H3/b7-6-. The van der Waals surface area contributed by atoms with Gasteiger partial charge >= 0.3 is 5.97 Å². The zero-order valence-electron chi connectivity index (χ0n) is 10.5. The van der Waals surface area contributed by atoms with Crippen molar-refractivity contribution in [2.45, 2.75) is 0 Å². The summed E-state index contributed by atoms with van der Waals surface area (Å²) in [5, 5.41) is 10.3. The highest BCUT2D eigenvalue weighted by atomic mass is 16.6. The quantitative estimate of drug-likeness (QED) is 0.441. The van der Waals surface area contributed by atoms with Gasteiger partial charge in [-0.25, -0.2) is 4.79 Å². The largest absolute Gasteiger partial charge is 0.493 e. The second-order valence-electron chi connectivity index (χ2n) is 3.34. The molecule has 0 bridgehead atoms. The molecule has 0 radical (unpaired) electrons. The van der Waals surface area contributed by atoms with Gasteiger partial charge < -0.3 is 14.2 Å². The van der Waals surface area contributed by atoms with Crippen LogP contribution in [0.25, 0.3) is 6.08 Å². The van der Waals surface area contributed by atoms with Gasteiger partial charge in [-0.05, 0) is 6.07 Å². The minimum atomic E-state index is -0.594. The van der Waals surface area contributed by atoms with Crippen LogP contribution in [0, 0.1) is 10.1 Å². The Morgan fingerprint density at radius 1 is 1.42 bits per heavy atom. The van der Waals surface area contributed by atoms with Gasteiger partial charge in [-0.2, -0.15) is 0 Å². The Hall–Kier alpha value is -2.57. The maximum atomic E-state index is 11.0. The van der Waals surface area contributed by atoms with Crippen molar-refractivity contribution in [2.75, 3.05) is 20.8 Å². The zero-order valence-corrected chi connectivity index (χ0v) is 10.5. The number of nitro groups is 1. The maximum absolute atomic E-state index is 11.0. The first kappa shape index (κ1) is 14.5. The van der Waals surface area contributed by atoms with Crippen LogP contribution in [0.1, 0.15) is 5.56 Å². The molecule has 0 fully saturated rings. The van der Waals surface area contributed by atoms with Gasteiger partial charge in [0.05, 0.1) is 19.1 Å². The average molecular weight is 267 g/mol. The molecule has 102 valence electrons. The van der Waals surface area contributed by atoms with Crippen LogP contribution in [-0.4, -0.2) is 31.7 Å². The number of hydrogen-bond donors (Lipinski definition) is 0. The van der Waals surface area contributed by atoms with E-state index in [0.717, 1.165) is 6.20 Å². The summed E-state index contributed by atoms with van der Waals surface area (Å²) in [7, 11) is 2.67. The highest BCUT2D eigenvalue weighted by molar-refractivity contribution is 5.71. The minimum absolute atomic E-state index is 0.244. The van der Waals surface area contributed by atoms with Crippen molar-refractivity contribution in [1.29, 1.82) is 0 Å². The summed E-state index contributed by atoms with van der Waals surface area (Å²) in [5.74, 6) is 0.0537. The fourth-order valence-electron chi connectivity index (χ4n) is 1.31. The average Bonchev–Trinajstić information content (AvgIpc) is 2.42. The Morgan fingerprint density at radius 2 is 2.16 bits per heavy atom. The second kappa shape index (κ2) is 7.00. The first-order chi connectivity index (χ1) is 9.08. The molecule has 0 heterocycles. The molecular weight excluding hydrogens is 254 g/mol. The van der Waals surface area contributed by atoms with Crippen molar-refractivity contribution in [3.63, 3.8) is 0 Å². The molecule has 19 heavy (non-hydrogen) atoms. The van der Waals surface area contributed by atoms with E-state index < -0.39 is 10.9 Å². The normalized spacial score (nSPS) is 10.2. The number of hydrogen-bond acceptors (Lipinski definition) is 6. The maximum Gasteiger partial charge on any atom is 0.343 e. The van der Waals surface area contributed by atoms with E-state index in [4.69, 9.17) is 9.47 Å². The summed E-state index contributed by atoms with van der Waals surface area (Å²) in [6, 6.07) is 4.88. The third-order valence-corrected chi connectivity index (χ3v) is 2.17. The molecule has 0 N–H and O–H groups in total. The van der Waals surface area contributed by atoms with Crippen LogP contribution < -0.4 is 9.47 Å². The number of carbonyl (C=O) groups is 1. The summed E-state index contributed by atoms with van der Waals surface area (Å²) in [6.07, 6.45) is 2.04. The number of para-hydroxylation sites is 1. The van der Waals surface area contributed by atoms with Crippen LogP contribution in [0.5, 0.6) is 11.5 Å². The van der Waals surface area contributed by atoms with E-state index in [-0.39, 0.29) is 12.4 Å². The predicted octanol–water partition coefficient (Wildman–Crippen LogP) is 1.49. The van der Waals surface area contributed by atoms with Crippen LogP contribution in [0.15, 0.2) is 24.4 Å². The Balaban J connectivity index is 3.02. The van der Waals surface area contributed by atoms with Gasteiger partial charge in [-0.15, -0.1) is 0 Å². The zero-order chi connectivity index (χ0) is 14.3. The molecule has 0 unspecified atom stereocenters. The first-order valence-electron chi connectivity index (χ1n) is 5.26. The highest BCUT2D eigenvalue weighted by Gasteiger charge is 2.11. The Bertz CT molecular complexity index is 497. The van der Waals surface area contributed by atoms with Gasteiger partial charge in [0.1, 0.15) is 0 Å². The molecule has 0 aromatic heterocycles. The molecule has 0 aliphatic rings. The fraction of sp³-hybridized carbons (Fsp3) is 0.250. The molecule has 0 aliphatic heterocycles. The molecule has 0 atom stereocenters. The van der Waals surface area contributed by atoms with Crippen molar-refractivity contribution < 1.29 is 23.9 Å². The van der Waals surface area contributed by atoms with Crippen LogP contribution in [0.4, 0.5) is 0 Å². The van der Waals surface area contributed by atoms with Gasteiger partial charge in [-0.1, -0.05) is 12.1 Å². The first-order valence-corrected chi connectivity index (χ1v) is 5.26. The lowest BCUT2D eigenvalue weighted by atomic mass is 10.2. The molecule has 0 spiro atoms. The SMILES string of the molecule is COC(=O)COc1c(/C=C\[N+](=O)[O-])cccc1OC. The van der Waals surface area contributed by atoms with Gasteiger partial charge in [0.25, 0.3) is 0 Å². The third kappa shape index (κ3) is 4.30. The highest BCUT2D eigenvalue weighted by Crippen LogP contribution is 2.31. The van der Waals surface area contributed by atoms with Gasteiger partial charge in [-0.3, -0.25) is 10.1 Å². The Morgan fingerprint density at radius 3 is 2.74 bits per heavy atom. The van der Waals surface area contributed by atoms with Crippen molar-refractivity contribution >= 4 is 12.0 Å². The van der Waals surface area contributed by atoms with E-state index in [2.05, 4.69) is 4.74 Å². The monoisotopic (exact) mass is 267 g/mol. The predicted molar refractivity (Wildman–Crippen MR) is 66.5 cm³/mol. The van der Waals surface area contributed by atoms with Crippen molar-refractivity contribution in [1.82, 2.24) is 0 Å². The van der Waals surface area contributed by atoms with E-state index in [1.54, 1.807) is 18.2 Å². The lowest BCUT2D eigenvalue weighted by molar-refractivity contribution is -0.400. The van der Waals surface area contributed by atoms with Crippen molar-refractivity contribution in [3.05, 3.63) is 40.1 Å². The minimum Gasteiger partial charge on any atom is -0.493 e. The smallest absolute Gasteiger partial charge is 0.343 e. The number of ether oxygens (including phenoxy) is 3. The molecule has 0 saturated heterocycles. The van der Waals surface area contributed by atoms with E-state index >= 15 is 0 Å². The number of esters is 1. The van der Waals surface area contributed by atoms with Crippen LogP contribution >= 0.6 is 0 Å². The second-order valence-corrected chi connectivity index (χ2v) is 3.34. The molecule has 0 amide bonds. The number of benzene rings is 1. The van der Waals surface area contributed by atoms with Gasteiger partial charge in [0.15, 0.2) is 18.1 Å². The van der Waals surface area contributed by atoms with Gasteiger partial charge in [0, 0.05) is 11.6 Å². The molecule has 0 saturated carbocycles.